The molecule has 1 fully saturated rings. The molecule has 0 aromatic rings. The molecule has 1 aliphatic rings. The molecule has 0 aromatic carbocycles. The van der Waals surface area contributed by atoms with Crippen LogP contribution in [0.3, 0.4) is 0 Å². The van der Waals surface area contributed by atoms with Gasteiger partial charge in [-0.25, -0.2) is 0 Å². The molecule has 12 heavy (non-hydrogen) atoms. The molecule has 0 atom stereocenters. The van der Waals surface area contributed by atoms with E-state index in [1.807, 2.05) is 0 Å². The molecule has 1 nitrogen and oxygen atoms in total. The molecule has 0 aliphatic heterocycles. The number of hydrogen-bond donors (Lipinski definition) is 0. The van der Waals surface area contributed by atoms with Crippen LogP contribution in [0.1, 0.15) is 40.0 Å². The van der Waals surface area contributed by atoms with Crippen molar-refractivity contribution >= 4 is 8.32 Å². The molecule has 1 aliphatic carbocycles. The van der Waals surface area contributed by atoms with Gasteiger partial charge in [-0.15, -0.1) is 0 Å². The zero-order valence-corrected chi connectivity index (χ0v) is 9.73. The zero-order valence-electron chi connectivity index (χ0n) is 8.73. The van der Waals surface area contributed by atoms with Crippen molar-refractivity contribution in [1.29, 1.82) is 0 Å². The first-order valence-corrected chi connectivity index (χ1v) is 7.97. The molecule has 0 N–H and O–H groups in total. The van der Waals surface area contributed by atoms with Gasteiger partial charge in [-0.2, -0.15) is 0 Å². The fourth-order valence-corrected chi connectivity index (χ4v) is 4.79. The lowest BCUT2D eigenvalue weighted by molar-refractivity contribution is 0.108. The molecular weight excluding hydrogens is 164 g/mol. The molecule has 0 saturated heterocycles. The molecule has 0 bridgehead atoms. The van der Waals surface area contributed by atoms with Crippen LogP contribution < -0.4 is 0 Å². The van der Waals surface area contributed by atoms with E-state index in [4.69, 9.17) is 4.43 Å². The summed E-state index contributed by atoms with van der Waals surface area (Å²) in [5, 5.41) is 0. The number of hydrogen-bond acceptors (Lipinski definition) is 1. The van der Waals surface area contributed by atoms with E-state index in [-0.39, 0.29) is 0 Å². The fourth-order valence-electron chi connectivity index (χ4n) is 1.84. The molecule has 2 heteroatoms. The Labute approximate surface area is 77.6 Å². The van der Waals surface area contributed by atoms with Gasteiger partial charge in [0, 0.05) is 6.10 Å². The molecule has 1 rings (SSSR count). The van der Waals surface area contributed by atoms with Crippen LogP contribution in [0.5, 0.6) is 0 Å². The van der Waals surface area contributed by atoms with Crippen molar-refractivity contribution in [3.8, 4) is 0 Å². The van der Waals surface area contributed by atoms with Crippen molar-refractivity contribution in [2.45, 2.75) is 64.3 Å². The summed E-state index contributed by atoms with van der Waals surface area (Å²) in [6.45, 7) is 6.91. The molecule has 72 valence electrons. The average molecular weight is 186 g/mol. The van der Waals surface area contributed by atoms with E-state index in [0.29, 0.717) is 6.10 Å². The Morgan fingerprint density at radius 1 is 1.08 bits per heavy atom. The standard InChI is InChI=1S/C10H22OSi/c1-4-12(5-2,6-3)11-10-8-7-9-10/h10H,4-9H2,1-3H3. The van der Waals surface area contributed by atoms with Gasteiger partial charge in [0.1, 0.15) is 0 Å². The van der Waals surface area contributed by atoms with Crippen LogP contribution in [0.2, 0.25) is 18.1 Å². The maximum Gasteiger partial charge on any atom is 0.192 e. The van der Waals surface area contributed by atoms with Crippen LogP contribution in [0.4, 0.5) is 0 Å². The molecule has 0 aromatic heterocycles. The minimum Gasteiger partial charge on any atom is -0.414 e. The monoisotopic (exact) mass is 186 g/mol. The minimum atomic E-state index is -1.25. The van der Waals surface area contributed by atoms with E-state index < -0.39 is 8.32 Å². The maximum absolute atomic E-state index is 6.26. The predicted octanol–water partition coefficient (Wildman–Crippen LogP) is 3.56. The largest absolute Gasteiger partial charge is 0.414 e. The maximum atomic E-state index is 6.26. The highest BCUT2D eigenvalue weighted by Crippen LogP contribution is 2.30. The van der Waals surface area contributed by atoms with Crippen LogP contribution in [0, 0.1) is 0 Å². The molecule has 0 spiro atoms. The van der Waals surface area contributed by atoms with Gasteiger partial charge in [0.25, 0.3) is 0 Å². The minimum absolute atomic E-state index is 0.650. The summed E-state index contributed by atoms with van der Waals surface area (Å²) in [5.41, 5.74) is 0. The third-order valence-electron chi connectivity index (χ3n) is 3.40. The van der Waals surface area contributed by atoms with Crippen LogP contribution in [0.25, 0.3) is 0 Å². The quantitative estimate of drug-likeness (QED) is 0.597. The third kappa shape index (κ3) is 2.11. The summed E-state index contributed by atoms with van der Waals surface area (Å²) < 4.78 is 6.26. The second-order valence-electron chi connectivity index (χ2n) is 3.91. The molecular formula is C10H22OSi. The van der Waals surface area contributed by atoms with Crippen molar-refractivity contribution in [2.75, 3.05) is 0 Å². The smallest absolute Gasteiger partial charge is 0.192 e. The van der Waals surface area contributed by atoms with Crippen LogP contribution in [0.15, 0.2) is 0 Å². The summed E-state index contributed by atoms with van der Waals surface area (Å²) in [4.78, 5) is 0. The topological polar surface area (TPSA) is 9.23 Å². The third-order valence-corrected chi connectivity index (χ3v) is 8.10. The van der Waals surface area contributed by atoms with Gasteiger partial charge in [-0.3, -0.25) is 0 Å². The van der Waals surface area contributed by atoms with E-state index in [0.717, 1.165) is 0 Å². The lowest BCUT2D eigenvalue weighted by Gasteiger charge is -2.37. The normalized spacial score (nSPS) is 19.2. The van der Waals surface area contributed by atoms with Gasteiger partial charge in [0.15, 0.2) is 8.32 Å². The van der Waals surface area contributed by atoms with Crippen molar-refractivity contribution in [3.05, 3.63) is 0 Å². The van der Waals surface area contributed by atoms with E-state index >= 15 is 0 Å². The lowest BCUT2D eigenvalue weighted by atomic mass is 9.97. The highest BCUT2D eigenvalue weighted by Gasteiger charge is 2.33. The second-order valence-corrected chi connectivity index (χ2v) is 8.64. The molecule has 0 radical (unpaired) electrons. The van der Waals surface area contributed by atoms with E-state index in [9.17, 15) is 0 Å². The van der Waals surface area contributed by atoms with E-state index in [1.54, 1.807) is 0 Å². The van der Waals surface area contributed by atoms with E-state index in [2.05, 4.69) is 20.8 Å². The first kappa shape index (κ1) is 10.3. The Balaban J connectivity index is 2.39. The van der Waals surface area contributed by atoms with Gasteiger partial charge in [-0.05, 0) is 37.4 Å². The van der Waals surface area contributed by atoms with Crippen molar-refractivity contribution < 1.29 is 4.43 Å². The number of rotatable bonds is 5. The summed E-state index contributed by atoms with van der Waals surface area (Å²) in [7, 11) is -1.25. The average Bonchev–Trinajstić information content (AvgIpc) is 2.05. The molecule has 0 heterocycles. The van der Waals surface area contributed by atoms with Crippen molar-refractivity contribution in [2.24, 2.45) is 0 Å². The first-order chi connectivity index (χ1) is 5.76. The van der Waals surface area contributed by atoms with E-state index in [1.165, 1.54) is 37.4 Å². The van der Waals surface area contributed by atoms with Crippen molar-refractivity contribution in [3.63, 3.8) is 0 Å². The van der Waals surface area contributed by atoms with Gasteiger partial charge in [0.05, 0.1) is 0 Å². The van der Waals surface area contributed by atoms with Gasteiger partial charge in [-0.1, -0.05) is 20.8 Å². The molecule has 1 saturated carbocycles. The van der Waals surface area contributed by atoms with Crippen LogP contribution in [-0.4, -0.2) is 14.4 Å². The van der Waals surface area contributed by atoms with Gasteiger partial charge in [0.2, 0.25) is 0 Å². The first-order valence-electron chi connectivity index (χ1n) is 5.44. The van der Waals surface area contributed by atoms with Crippen molar-refractivity contribution in [1.82, 2.24) is 0 Å². The van der Waals surface area contributed by atoms with Crippen LogP contribution >= 0.6 is 0 Å². The molecule has 0 amide bonds. The lowest BCUT2D eigenvalue weighted by Crippen LogP contribution is -2.42. The Morgan fingerprint density at radius 3 is 1.83 bits per heavy atom. The Hall–Kier alpha value is 0.177. The second kappa shape index (κ2) is 4.42. The summed E-state index contributed by atoms with van der Waals surface area (Å²) >= 11 is 0. The highest BCUT2D eigenvalue weighted by molar-refractivity contribution is 6.73. The van der Waals surface area contributed by atoms with Crippen LogP contribution in [-0.2, 0) is 4.43 Å². The SMILES string of the molecule is CC[Si](CC)(CC)OC1CCC1. The fraction of sp³-hybridized carbons (Fsp3) is 1.00. The predicted molar refractivity (Wildman–Crippen MR) is 55.9 cm³/mol. The summed E-state index contributed by atoms with van der Waals surface area (Å²) in [6.07, 6.45) is 4.70. The highest BCUT2D eigenvalue weighted by atomic mass is 28.4. The Kier molecular flexibility index (Phi) is 3.78. The Bertz CT molecular complexity index is 120. The summed E-state index contributed by atoms with van der Waals surface area (Å²) in [6, 6.07) is 3.91. The zero-order chi connectivity index (χ0) is 9.03. The van der Waals surface area contributed by atoms with Gasteiger partial charge >= 0.3 is 0 Å². The Morgan fingerprint density at radius 2 is 1.58 bits per heavy atom. The van der Waals surface area contributed by atoms with Gasteiger partial charge < -0.3 is 4.43 Å². The summed E-state index contributed by atoms with van der Waals surface area (Å²) in [5.74, 6) is 0. The molecule has 0 unspecified atom stereocenters.